The van der Waals surface area contributed by atoms with E-state index < -0.39 is 0 Å². The highest BCUT2D eigenvalue weighted by molar-refractivity contribution is 5.22. The smallest absolute Gasteiger partial charge is 0.0476 e. The second-order valence-corrected chi connectivity index (χ2v) is 5.55. The lowest BCUT2D eigenvalue weighted by molar-refractivity contribution is 0.182. The molecule has 0 spiro atoms. The molecule has 104 valence electrons. The van der Waals surface area contributed by atoms with Crippen LogP contribution in [0.15, 0.2) is 60.7 Å². The van der Waals surface area contributed by atoms with Crippen molar-refractivity contribution >= 4 is 0 Å². The minimum atomic E-state index is 0.323. The molecular weight excluding hydrogens is 244 g/mol. The molecule has 0 amide bonds. The van der Waals surface area contributed by atoms with Gasteiger partial charge >= 0.3 is 0 Å². The molecule has 1 unspecified atom stereocenters. The molecular formula is C18H22N2. The lowest BCUT2D eigenvalue weighted by Crippen LogP contribution is -2.35. The summed E-state index contributed by atoms with van der Waals surface area (Å²) in [6.45, 7) is 1.66. The largest absolute Gasteiger partial charge is 0.329 e. The minimum absolute atomic E-state index is 0.323. The van der Waals surface area contributed by atoms with Gasteiger partial charge in [0.05, 0.1) is 0 Å². The Morgan fingerprint density at radius 3 is 2.10 bits per heavy atom. The van der Waals surface area contributed by atoms with Gasteiger partial charge in [0.2, 0.25) is 0 Å². The van der Waals surface area contributed by atoms with Crippen LogP contribution in [0.25, 0.3) is 0 Å². The van der Waals surface area contributed by atoms with Crippen molar-refractivity contribution in [2.75, 3.05) is 6.54 Å². The zero-order valence-electron chi connectivity index (χ0n) is 11.8. The molecule has 2 nitrogen and oxygen atoms in total. The van der Waals surface area contributed by atoms with Crippen molar-refractivity contribution in [1.82, 2.24) is 4.90 Å². The van der Waals surface area contributed by atoms with Gasteiger partial charge in [-0.15, -0.1) is 0 Å². The van der Waals surface area contributed by atoms with Crippen LogP contribution in [0.2, 0.25) is 0 Å². The molecule has 3 rings (SSSR count). The molecule has 1 aliphatic carbocycles. The quantitative estimate of drug-likeness (QED) is 0.868. The summed E-state index contributed by atoms with van der Waals surface area (Å²) in [7, 11) is 0. The number of benzene rings is 2. The van der Waals surface area contributed by atoms with Gasteiger partial charge in [0, 0.05) is 25.2 Å². The van der Waals surface area contributed by atoms with E-state index in [0.29, 0.717) is 18.6 Å². The monoisotopic (exact) mass is 266 g/mol. The normalized spacial score (nSPS) is 16.3. The van der Waals surface area contributed by atoms with Crippen molar-refractivity contribution in [2.24, 2.45) is 5.73 Å². The first-order valence-corrected chi connectivity index (χ1v) is 7.43. The Labute approximate surface area is 121 Å². The van der Waals surface area contributed by atoms with Gasteiger partial charge in [0.25, 0.3) is 0 Å². The van der Waals surface area contributed by atoms with E-state index in [1.165, 1.54) is 24.0 Å². The minimum Gasteiger partial charge on any atom is -0.329 e. The summed E-state index contributed by atoms with van der Waals surface area (Å²) >= 11 is 0. The van der Waals surface area contributed by atoms with Gasteiger partial charge in [-0.2, -0.15) is 0 Å². The van der Waals surface area contributed by atoms with Crippen molar-refractivity contribution in [3.05, 3.63) is 71.8 Å². The van der Waals surface area contributed by atoms with Gasteiger partial charge < -0.3 is 5.73 Å². The van der Waals surface area contributed by atoms with E-state index in [-0.39, 0.29) is 0 Å². The average Bonchev–Trinajstić information content (AvgIpc) is 3.34. The molecule has 20 heavy (non-hydrogen) atoms. The summed E-state index contributed by atoms with van der Waals surface area (Å²) in [6, 6.07) is 22.4. The van der Waals surface area contributed by atoms with Gasteiger partial charge in [0.15, 0.2) is 0 Å². The molecule has 1 aliphatic rings. The van der Waals surface area contributed by atoms with E-state index in [9.17, 15) is 0 Å². The van der Waals surface area contributed by atoms with Gasteiger partial charge in [-0.05, 0) is 24.0 Å². The first-order chi connectivity index (χ1) is 9.88. The second-order valence-electron chi connectivity index (χ2n) is 5.55. The average molecular weight is 266 g/mol. The van der Waals surface area contributed by atoms with E-state index in [1.54, 1.807) is 0 Å². The van der Waals surface area contributed by atoms with Crippen LogP contribution in [0.5, 0.6) is 0 Å². The molecule has 2 aromatic carbocycles. The summed E-state index contributed by atoms with van der Waals surface area (Å²) in [5.74, 6) is 0. The molecule has 1 fully saturated rings. The van der Waals surface area contributed by atoms with E-state index in [4.69, 9.17) is 5.73 Å². The molecule has 0 saturated heterocycles. The summed E-state index contributed by atoms with van der Waals surface area (Å²) in [6.07, 6.45) is 2.60. The molecule has 2 N–H and O–H groups in total. The fourth-order valence-electron chi connectivity index (χ4n) is 2.83. The Bertz CT molecular complexity index is 520. The van der Waals surface area contributed by atoms with Crippen LogP contribution in [-0.4, -0.2) is 17.5 Å². The highest BCUT2D eigenvalue weighted by Gasteiger charge is 2.33. The fraction of sp³-hybridized carbons (Fsp3) is 0.333. The molecule has 1 atom stereocenters. The Hall–Kier alpha value is -1.64. The molecule has 0 radical (unpaired) electrons. The number of nitrogens with zero attached hydrogens (tertiary/aromatic N) is 1. The second kappa shape index (κ2) is 6.21. The summed E-state index contributed by atoms with van der Waals surface area (Å²) < 4.78 is 0. The van der Waals surface area contributed by atoms with Crippen LogP contribution < -0.4 is 5.73 Å². The molecule has 0 heterocycles. The van der Waals surface area contributed by atoms with Gasteiger partial charge in [-0.25, -0.2) is 0 Å². The van der Waals surface area contributed by atoms with Crippen molar-refractivity contribution in [3.8, 4) is 0 Å². The summed E-state index contributed by atoms with van der Waals surface area (Å²) in [5, 5.41) is 0. The molecule has 0 aliphatic heterocycles. The number of hydrogen-bond acceptors (Lipinski definition) is 2. The number of rotatable bonds is 6. The maximum Gasteiger partial charge on any atom is 0.0476 e. The highest BCUT2D eigenvalue weighted by atomic mass is 15.2. The Morgan fingerprint density at radius 2 is 1.55 bits per heavy atom. The van der Waals surface area contributed by atoms with Gasteiger partial charge in [0.1, 0.15) is 0 Å². The summed E-state index contributed by atoms with van der Waals surface area (Å²) in [4.78, 5) is 2.57. The number of hydrogen-bond donors (Lipinski definition) is 1. The van der Waals surface area contributed by atoms with Crippen LogP contribution in [-0.2, 0) is 6.54 Å². The third-order valence-corrected chi connectivity index (χ3v) is 4.03. The zero-order chi connectivity index (χ0) is 13.8. The molecule has 2 aromatic rings. The Kier molecular flexibility index (Phi) is 4.14. The molecule has 0 aromatic heterocycles. The fourth-order valence-corrected chi connectivity index (χ4v) is 2.83. The Balaban J connectivity index is 1.82. The zero-order valence-corrected chi connectivity index (χ0v) is 11.8. The van der Waals surface area contributed by atoms with Crippen LogP contribution >= 0.6 is 0 Å². The number of nitrogens with two attached hydrogens (primary N) is 1. The maximum absolute atomic E-state index is 6.08. The molecule has 0 bridgehead atoms. The van der Waals surface area contributed by atoms with Crippen molar-refractivity contribution in [1.29, 1.82) is 0 Å². The first-order valence-electron chi connectivity index (χ1n) is 7.43. The van der Waals surface area contributed by atoms with Crippen LogP contribution in [0.3, 0.4) is 0 Å². The van der Waals surface area contributed by atoms with E-state index in [2.05, 4.69) is 65.6 Å². The van der Waals surface area contributed by atoms with E-state index >= 15 is 0 Å². The van der Waals surface area contributed by atoms with Crippen molar-refractivity contribution in [3.63, 3.8) is 0 Å². The maximum atomic E-state index is 6.08. The summed E-state index contributed by atoms with van der Waals surface area (Å²) in [5.41, 5.74) is 8.78. The van der Waals surface area contributed by atoms with Crippen LogP contribution in [0, 0.1) is 0 Å². The highest BCUT2D eigenvalue weighted by Crippen LogP contribution is 2.35. The lowest BCUT2D eigenvalue weighted by Gasteiger charge is -2.31. The standard InChI is InChI=1S/C18H22N2/c19-13-18(16-9-5-2-6-10-16)20(17-11-12-17)14-15-7-3-1-4-8-15/h1-10,17-18H,11-14,19H2. The predicted molar refractivity (Wildman–Crippen MR) is 83.2 cm³/mol. The van der Waals surface area contributed by atoms with E-state index in [1.807, 2.05) is 0 Å². The first kappa shape index (κ1) is 13.3. The van der Waals surface area contributed by atoms with Crippen LogP contribution in [0.1, 0.15) is 30.0 Å². The topological polar surface area (TPSA) is 29.3 Å². The molecule has 2 heteroatoms. The third-order valence-electron chi connectivity index (χ3n) is 4.03. The third kappa shape index (κ3) is 3.09. The lowest BCUT2D eigenvalue weighted by atomic mass is 10.0. The van der Waals surface area contributed by atoms with Crippen molar-refractivity contribution < 1.29 is 0 Å². The van der Waals surface area contributed by atoms with Gasteiger partial charge in [-0.3, -0.25) is 4.90 Å². The van der Waals surface area contributed by atoms with Crippen molar-refractivity contribution in [2.45, 2.75) is 31.5 Å². The van der Waals surface area contributed by atoms with E-state index in [0.717, 1.165) is 6.54 Å². The SMILES string of the molecule is NCC(c1ccccc1)N(Cc1ccccc1)C1CC1. The molecule has 1 saturated carbocycles. The predicted octanol–water partition coefficient (Wildman–Crippen LogP) is 3.35. The van der Waals surface area contributed by atoms with Gasteiger partial charge in [-0.1, -0.05) is 60.7 Å². The Morgan fingerprint density at radius 1 is 0.950 bits per heavy atom. The van der Waals surface area contributed by atoms with Crippen LogP contribution in [0.4, 0.5) is 0 Å².